The zero-order chi connectivity index (χ0) is 13.6. The summed E-state index contributed by atoms with van der Waals surface area (Å²) in [6.45, 7) is 0. The lowest BCUT2D eigenvalue weighted by Gasteiger charge is -2.39. The minimum Gasteiger partial charge on any atom is -0.353 e. The van der Waals surface area contributed by atoms with Crippen LogP contribution < -0.4 is 5.32 Å². The number of hydrogen-bond donors (Lipinski definition) is 1. The van der Waals surface area contributed by atoms with E-state index in [1.807, 2.05) is 18.0 Å². The molecule has 3 atom stereocenters. The van der Waals surface area contributed by atoms with Crippen molar-refractivity contribution < 1.29 is 4.79 Å². The van der Waals surface area contributed by atoms with E-state index in [2.05, 4.69) is 28.5 Å². The molecule has 0 aromatic carbocycles. The van der Waals surface area contributed by atoms with E-state index in [9.17, 15) is 4.79 Å². The molecular formula is C16H20N2OS. The Balaban J connectivity index is 1.56. The SMILES string of the molecule is O=C(NC1CCC1)C1CSC23CC=CC=C2N=CCC13. The first-order chi connectivity index (χ1) is 9.79. The molecule has 1 saturated heterocycles. The molecular weight excluding hydrogens is 268 g/mol. The van der Waals surface area contributed by atoms with Crippen LogP contribution in [-0.4, -0.2) is 28.7 Å². The number of carbonyl (C=O) groups is 1. The van der Waals surface area contributed by atoms with Gasteiger partial charge < -0.3 is 5.32 Å². The van der Waals surface area contributed by atoms with Gasteiger partial charge in [-0.25, -0.2) is 0 Å². The quantitative estimate of drug-likeness (QED) is 0.849. The van der Waals surface area contributed by atoms with Crippen molar-refractivity contribution in [3.63, 3.8) is 0 Å². The monoisotopic (exact) mass is 288 g/mol. The molecule has 2 aliphatic carbocycles. The topological polar surface area (TPSA) is 41.5 Å². The summed E-state index contributed by atoms with van der Waals surface area (Å²) in [6.07, 6.45) is 14.0. The van der Waals surface area contributed by atoms with Gasteiger partial charge in [0.2, 0.25) is 5.91 Å². The van der Waals surface area contributed by atoms with Gasteiger partial charge in [-0.2, -0.15) is 0 Å². The normalized spacial score (nSPS) is 38.7. The molecule has 1 N–H and O–H groups in total. The van der Waals surface area contributed by atoms with Crippen LogP contribution in [0.4, 0.5) is 0 Å². The molecule has 106 valence electrons. The maximum atomic E-state index is 12.6. The molecule has 2 heterocycles. The van der Waals surface area contributed by atoms with Crippen molar-refractivity contribution in [2.75, 3.05) is 5.75 Å². The van der Waals surface area contributed by atoms with Crippen molar-refractivity contribution >= 4 is 23.9 Å². The highest BCUT2D eigenvalue weighted by Gasteiger charge is 2.54. The van der Waals surface area contributed by atoms with Gasteiger partial charge in [-0.05, 0) is 44.1 Å². The number of carbonyl (C=O) groups excluding carboxylic acids is 1. The molecule has 1 saturated carbocycles. The van der Waals surface area contributed by atoms with Crippen molar-refractivity contribution in [3.05, 3.63) is 23.9 Å². The van der Waals surface area contributed by atoms with E-state index < -0.39 is 0 Å². The van der Waals surface area contributed by atoms with E-state index in [4.69, 9.17) is 0 Å². The molecule has 0 aromatic rings. The average Bonchev–Trinajstić information content (AvgIpc) is 2.80. The fourth-order valence-corrected chi connectivity index (χ4v) is 5.62. The lowest BCUT2D eigenvalue weighted by atomic mass is 9.73. The number of hydrogen-bond acceptors (Lipinski definition) is 3. The fourth-order valence-electron chi connectivity index (χ4n) is 3.80. The van der Waals surface area contributed by atoms with Crippen LogP contribution in [0.25, 0.3) is 0 Å². The molecule has 0 radical (unpaired) electrons. The Labute approximate surface area is 124 Å². The first kappa shape index (κ1) is 12.7. The van der Waals surface area contributed by atoms with Crippen LogP contribution in [0.1, 0.15) is 32.1 Å². The summed E-state index contributed by atoms with van der Waals surface area (Å²) in [6, 6.07) is 0.447. The van der Waals surface area contributed by atoms with Gasteiger partial charge in [0.1, 0.15) is 0 Å². The molecule has 1 spiro atoms. The number of nitrogens with zero attached hydrogens (tertiary/aromatic N) is 1. The third-order valence-corrected chi connectivity index (χ3v) is 6.95. The number of nitrogens with one attached hydrogen (secondary N) is 1. The van der Waals surface area contributed by atoms with E-state index in [1.54, 1.807) is 0 Å². The molecule has 4 aliphatic rings. The Morgan fingerprint density at radius 1 is 1.45 bits per heavy atom. The minimum absolute atomic E-state index is 0.0745. The van der Waals surface area contributed by atoms with Crippen LogP contribution in [0.5, 0.6) is 0 Å². The second-order valence-corrected chi connectivity index (χ2v) is 7.63. The third-order valence-electron chi connectivity index (χ3n) is 5.23. The number of rotatable bonds is 2. The molecule has 3 unspecified atom stereocenters. The van der Waals surface area contributed by atoms with Crippen LogP contribution in [0.3, 0.4) is 0 Å². The summed E-state index contributed by atoms with van der Waals surface area (Å²) < 4.78 is 0.0745. The number of aliphatic imine (C=N–C) groups is 1. The maximum absolute atomic E-state index is 12.6. The molecule has 2 aliphatic heterocycles. The highest BCUT2D eigenvalue weighted by molar-refractivity contribution is 8.01. The molecule has 20 heavy (non-hydrogen) atoms. The highest BCUT2D eigenvalue weighted by Crippen LogP contribution is 2.57. The minimum atomic E-state index is 0.0745. The van der Waals surface area contributed by atoms with Crippen LogP contribution >= 0.6 is 11.8 Å². The van der Waals surface area contributed by atoms with Crippen LogP contribution in [0.15, 0.2) is 28.9 Å². The van der Waals surface area contributed by atoms with Gasteiger partial charge in [-0.3, -0.25) is 9.79 Å². The molecule has 1 amide bonds. The summed E-state index contributed by atoms with van der Waals surface area (Å²) in [4.78, 5) is 17.2. The lowest BCUT2D eigenvalue weighted by Crippen LogP contribution is -2.47. The summed E-state index contributed by atoms with van der Waals surface area (Å²) >= 11 is 1.95. The van der Waals surface area contributed by atoms with Crippen molar-refractivity contribution in [1.29, 1.82) is 0 Å². The Morgan fingerprint density at radius 3 is 3.15 bits per heavy atom. The molecule has 4 rings (SSSR count). The molecule has 0 bridgehead atoms. The zero-order valence-electron chi connectivity index (χ0n) is 11.5. The van der Waals surface area contributed by atoms with Gasteiger partial charge in [0, 0.05) is 18.0 Å². The molecule has 0 aromatic heterocycles. The Bertz CT molecular complexity index is 521. The summed E-state index contributed by atoms with van der Waals surface area (Å²) in [5.74, 6) is 1.80. The van der Waals surface area contributed by atoms with Crippen molar-refractivity contribution in [2.24, 2.45) is 16.8 Å². The number of thioether (sulfide) groups is 1. The van der Waals surface area contributed by atoms with Crippen molar-refractivity contribution in [2.45, 2.75) is 42.9 Å². The average molecular weight is 288 g/mol. The van der Waals surface area contributed by atoms with E-state index >= 15 is 0 Å². The van der Waals surface area contributed by atoms with E-state index in [-0.39, 0.29) is 16.6 Å². The van der Waals surface area contributed by atoms with Gasteiger partial charge in [-0.15, -0.1) is 11.8 Å². The first-order valence-electron chi connectivity index (χ1n) is 7.64. The van der Waals surface area contributed by atoms with E-state index in [1.165, 1.54) is 12.1 Å². The van der Waals surface area contributed by atoms with E-state index in [0.29, 0.717) is 12.0 Å². The third kappa shape index (κ3) is 1.80. The standard InChI is InChI=1S/C16H20N2OS/c19-15(18-11-4-3-5-11)12-10-20-16-8-2-1-6-14(16)17-9-7-13(12)16/h1-2,6,9,11-13H,3-5,7-8,10H2,(H,18,19). The first-order valence-corrected chi connectivity index (χ1v) is 8.62. The second kappa shape index (κ2) is 4.76. The van der Waals surface area contributed by atoms with E-state index in [0.717, 1.165) is 31.4 Å². The summed E-state index contributed by atoms with van der Waals surface area (Å²) in [5, 5.41) is 3.25. The molecule has 4 heteroatoms. The van der Waals surface area contributed by atoms with Gasteiger partial charge in [0.15, 0.2) is 0 Å². The van der Waals surface area contributed by atoms with Gasteiger partial charge >= 0.3 is 0 Å². The van der Waals surface area contributed by atoms with Crippen molar-refractivity contribution in [3.8, 4) is 0 Å². The molecule has 3 nitrogen and oxygen atoms in total. The predicted octanol–water partition coefficient (Wildman–Crippen LogP) is 2.69. The predicted molar refractivity (Wildman–Crippen MR) is 82.9 cm³/mol. The number of amides is 1. The smallest absolute Gasteiger partial charge is 0.224 e. The van der Waals surface area contributed by atoms with Gasteiger partial charge in [0.25, 0.3) is 0 Å². The van der Waals surface area contributed by atoms with Gasteiger partial charge in [0.05, 0.1) is 16.4 Å². The fraction of sp³-hybridized carbons (Fsp3) is 0.625. The summed E-state index contributed by atoms with van der Waals surface area (Å²) in [7, 11) is 0. The number of allylic oxidation sites excluding steroid dienone is 3. The van der Waals surface area contributed by atoms with Gasteiger partial charge in [-0.1, -0.05) is 12.2 Å². The lowest BCUT2D eigenvalue weighted by molar-refractivity contribution is -0.127. The van der Waals surface area contributed by atoms with Crippen molar-refractivity contribution in [1.82, 2.24) is 5.32 Å². The molecule has 2 fully saturated rings. The van der Waals surface area contributed by atoms with Crippen LogP contribution in [0.2, 0.25) is 0 Å². The Hall–Kier alpha value is -1.03. The maximum Gasteiger partial charge on any atom is 0.224 e. The second-order valence-electron chi connectivity index (χ2n) is 6.28. The van der Waals surface area contributed by atoms with Crippen LogP contribution in [0, 0.1) is 11.8 Å². The Morgan fingerprint density at radius 2 is 2.35 bits per heavy atom. The Kier molecular flexibility index (Phi) is 3.02. The summed E-state index contributed by atoms with van der Waals surface area (Å²) in [5.41, 5.74) is 1.18. The van der Waals surface area contributed by atoms with Crippen LogP contribution in [-0.2, 0) is 4.79 Å². The largest absolute Gasteiger partial charge is 0.353 e. The zero-order valence-corrected chi connectivity index (χ0v) is 12.4. The highest BCUT2D eigenvalue weighted by atomic mass is 32.2.